The van der Waals surface area contributed by atoms with Crippen LogP contribution in [0.4, 0.5) is 0 Å². The summed E-state index contributed by atoms with van der Waals surface area (Å²) >= 11 is 0. The zero-order chi connectivity index (χ0) is 16.0. The summed E-state index contributed by atoms with van der Waals surface area (Å²) in [5.74, 6) is -1.24. The highest BCUT2D eigenvalue weighted by molar-refractivity contribution is 7.41. The maximum Gasteiger partial charge on any atom is 0.528 e. The van der Waals surface area contributed by atoms with Crippen molar-refractivity contribution in [2.24, 2.45) is 0 Å². The fourth-order valence-corrected chi connectivity index (χ4v) is 3.88. The quantitative estimate of drug-likeness (QED) is 0.565. The first-order chi connectivity index (χ1) is 10.6. The molecule has 2 N–H and O–H groups in total. The summed E-state index contributed by atoms with van der Waals surface area (Å²) in [5, 5.41) is 7.87. The second kappa shape index (κ2) is 7.82. The van der Waals surface area contributed by atoms with E-state index in [4.69, 9.17) is 4.74 Å². The number of carbonyl (C=O) groups is 1. The molecule has 3 atom stereocenters. The Hall–Kier alpha value is -1.29. The molecule has 6 heteroatoms. The number of rotatable bonds is 8. The third-order valence-electron chi connectivity index (χ3n) is 4.27. The van der Waals surface area contributed by atoms with Crippen LogP contribution < -0.4 is 0 Å². The van der Waals surface area contributed by atoms with Gasteiger partial charge < -0.3 is 9.84 Å². The van der Waals surface area contributed by atoms with E-state index >= 15 is 0 Å². The van der Waals surface area contributed by atoms with Crippen molar-refractivity contribution in [1.29, 1.82) is 0 Å². The molecule has 5 nitrogen and oxygen atoms in total. The molecule has 0 aromatic heterocycles. The maximum atomic E-state index is 11.9. The number of aliphatic carboxylic acids is 1. The standard InChI is InChI=1S/C16H21O5P/c17-15(18)16(22(19)20,13-7-2-1-3-8-13)11-5-4-9-14-10-6-12-21-14/h1-3,7-8,14H,4-6,9-12H2,(H-,17,18,19,20)/p+1. The van der Waals surface area contributed by atoms with Crippen molar-refractivity contribution in [3.05, 3.63) is 35.9 Å². The van der Waals surface area contributed by atoms with E-state index in [-0.39, 0.29) is 12.5 Å². The molecule has 1 heterocycles. The largest absolute Gasteiger partial charge is 0.528 e. The van der Waals surface area contributed by atoms with Crippen LogP contribution in [-0.2, 0) is 19.3 Å². The van der Waals surface area contributed by atoms with Crippen molar-refractivity contribution in [2.45, 2.75) is 49.8 Å². The van der Waals surface area contributed by atoms with Gasteiger partial charge in [-0.2, -0.15) is 4.89 Å². The molecule has 120 valence electrons. The van der Waals surface area contributed by atoms with Gasteiger partial charge in [0.2, 0.25) is 0 Å². The number of unbranched alkanes of at least 4 members (excludes halogenated alkanes) is 1. The number of benzene rings is 1. The van der Waals surface area contributed by atoms with Crippen LogP contribution in [0.15, 0.2) is 30.3 Å². The molecule has 0 radical (unpaired) electrons. The summed E-state index contributed by atoms with van der Waals surface area (Å²) < 4.78 is 17.4. The second-order valence-electron chi connectivity index (χ2n) is 5.69. The average Bonchev–Trinajstić information content (AvgIpc) is 3.01. The van der Waals surface area contributed by atoms with E-state index in [1.807, 2.05) is 0 Å². The lowest BCUT2D eigenvalue weighted by Crippen LogP contribution is -2.32. The van der Waals surface area contributed by atoms with Gasteiger partial charge in [-0.15, -0.1) is 0 Å². The predicted molar refractivity (Wildman–Crippen MR) is 83.0 cm³/mol. The van der Waals surface area contributed by atoms with Gasteiger partial charge in [0.25, 0.3) is 0 Å². The molecule has 3 unspecified atom stereocenters. The smallest absolute Gasteiger partial charge is 0.477 e. The van der Waals surface area contributed by atoms with Gasteiger partial charge in [-0.1, -0.05) is 36.8 Å². The molecular weight excluding hydrogens is 303 g/mol. The molecule has 1 aromatic carbocycles. The lowest BCUT2D eigenvalue weighted by molar-refractivity contribution is -0.140. The molecule has 0 saturated carbocycles. The molecule has 0 spiro atoms. The van der Waals surface area contributed by atoms with E-state index in [1.165, 1.54) is 0 Å². The van der Waals surface area contributed by atoms with Crippen LogP contribution in [0.2, 0.25) is 0 Å². The number of carboxylic acid groups (broad SMARTS) is 1. The van der Waals surface area contributed by atoms with Gasteiger partial charge in [-0.25, -0.2) is 4.79 Å². The van der Waals surface area contributed by atoms with E-state index in [2.05, 4.69) is 0 Å². The molecule has 22 heavy (non-hydrogen) atoms. The van der Waals surface area contributed by atoms with Crippen LogP contribution in [-0.4, -0.2) is 28.7 Å². The van der Waals surface area contributed by atoms with E-state index < -0.39 is 19.2 Å². The monoisotopic (exact) mass is 325 g/mol. The summed E-state index contributed by atoms with van der Waals surface area (Å²) in [6, 6.07) is 8.36. The fraction of sp³-hybridized carbons (Fsp3) is 0.562. The zero-order valence-corrected chi connectivity index (χ0v) is 13.4. The minimum Gasteiger partial charge on any atom is -0.477 e. The van der Waals surface area contributed by atoms with E-state index in [0.717, 1.165) is 32.3 Å². The van der Waals surface area contributed by atoms with Gasteiger partial charge in [-0.05, 0) is 30.2 Å². The highest BCUT2D eigenvalue weighted by Crippen LogP contribution is 2.48. The first-order valence-corrected chi connectivity index (χ1v) is 8.85. The number of hydrogen-bond acceptors (Lipinski definition) is 3. The maximum absolute atomic E-state index is 11.9. The first-order valence-electron chi connectivity index (χ1n) is 7.64. The lowest BCUT2D eigenvalue weighted by atomic mass is 9.91. The molecule has 1 aliphatic heterocycles. The van der Waals surface area contributed by atoms with Crippen LogP contribution in [0, 0.1) is 0 Å². The van der Waals surface area contributed by atoms with Gasteiger partial charge >= 0.3 is 19.2 Å². The molecule has 0 aliphatic carbocycles. The van der Waals surface area contributed by atoms with Crippen LogP contribution in [0.5, 0.6) is 0 Å². The van der Waals surface area contributed by atoms with E-state index in [9.17, 15) is 19.4 Å². The van der Waals surface area contributed by atoms with Gasteiger partial charge in [0.15, 0.2) is 0 Å². The SMILES string of the molecule is O=C(O)C(CCCCC1CCCO1)(c1ccccc1)[P+](=O)O. The Balaban J connectivity index is 2.04. The average molecular weight is 325 g/mol. The third kappa shape index (κ3) is 3.72. The van der Waals surface area contributed by atoms with Crippen LogP contribution in [0.25, 0.3) is 0 Å². The molecule has 2 rings (SSSR count). The topological polar surface area (TPSA) is 83.8 Å². The Kier molecular flexibility index (Phi) is 6.07. The Morgan fingerprint density at radius 2 is 2.05 bits per heavy atom. The molecular formula is C16H22O5P+. The molecule has 0 amide bonds. The zero-order valence-electron chi connectivity index (χ0n) is 12.5. The molecule has 0 bridgehead atoms. The molecule has 1 aromatic rings. The molecule has 1 saturated heterocycles. The summed E-state index contributed by atoms with van der Waals surface area (Å²) in [6.45, 7) is 0.802. The number of hydrogen-bond donors (Lipinski definition) is 2. The van der Waals surface area contributed by atoms with Crippen LogP contribution in [0.3, 0.4) is 0 Å². The Morgan fingerprint density at radius 3 is 2.59 bits per heavy atom. The fourth-order valence-electron chi connectivity index (χ4n) is 3.00. The van der Waals surface area contributed by atoms with Crippen molar-refractivity contribution in [3.8, 4) is 0 Å². The first kappa shape index (κ1) is 17.1. The minimum atomic E-state index is -2.87. The summed E-state index contributed by atoms with van der Waals surface area (Å²) in [5.41, 5.74) is 0.392. The van der Waals surface area contributed by atoms with Gasteiger partial charge in [-0.3, -0.25) is 0 Å². The second-order valence-corrected chi connectivity index (χ2v) is 6.99. The van der Waals surface area contributed by atoms with E-state index in [1.54, 1.807) is 30.3 Å². The van der Waals surface area contributed by atoms with Crippen molar-refractivity contribution in [2.75, 3.05) is 6.61 Å². The highest BCUT2D eigenvalue weighted by atomic mass is 31.1. The number of carboxylic acids is 1. The lowest BCUT2D eigenvalue weighted by Gasteiger charge is -2.18. The Bertz CT molecular complexity index is 497. The predicted octanol–water partition coefficient (Wildman–Crippen LogP) is 3.44. The highest BCUT2D eigenvalue weighted by Gasteiger charge is 2.57. The summed E-state index contributed by atoms with van der Waals surface area (Å²) in [4.78, 5) is 21.4. The normalized spacial score (nSPS) is 21.3. The molecule has 1 fully saturated rings. The third-order valence-corrected chi connectivity index (χ3v) is 5.60. The van der Waals surface area contributed by atoms with Crippen LogP contribution in [0.1, 0.15) is 44.1 Å². The van der Waals surface area contributed by atoms with E-state index in [0.29, 0.717) is 12.0 Å². The Labute approximate surface area is 131 Å². The summed E-state index contributed by atoms with van der Waals surface area (Å²) in [7, 11) is -2.87. The van der Waals surface area contributed by atoms with Crippen molar-refractivity contribution in [1.82, 2.24) is 0 Å². The number of ether oxygens (including phenoxy) is 1. The Morgan fingerprint density at radius 1 is 1.32 bits per heavy atom. The van der Waals surface area contributed by atoms with Gasteiger partial charge in [0, 0.05) is 18.6 Å². The summed E-state index contributed by atoms with van der Waals surface area (Å²) in [6.07, 6.45) is 4.82. The van der Waals surface area contributed by atoms with Crippen molar-refractivity contribution < 1.29 is 24.1 Å². The van der Waals surface area contributed by atoms with Crippen molar-refractivity contribution in [3.63, 3.8) is 0 Å². The van der Waals surface area contributed by atoms with Crippen molar-refractivity contribution >= 4 is 14.0 Å². The minimum absolute atomic E-state index is 0.158. The van der Waals surface area contributed by atoms with Gasteiger partial charge in [0.1, 0.15) is 0 Å². The van der Waals surface area contributed by atoms with Gasteiger partial charge in [0.05, 0.1) is 6.10 Å². The van der Waals surface area contributed by atoms with Crippen LogP contribution >= 0.6 is 8.03 Å². The molecule has 1 aliphatic rings.